The van der Waals surface area contributed by atoms with E-state index < -0.39 is 0 Å². The van der Waals surface area contributed by atoms with Crippen LogP contribution in [0.2, 0.25) is 0 Å². The van der Waals surface area contributed by atoms with E-state index in [9.17, 15) is 4.79 Å². The Labute approximate surface area is 102 Å². The molecule has 1 amide bonds. The number of hydrogen-bond donors (Lipinski definition) is 1. The summed E-state index contributed by atoms with van der Waals surface area (Å²) in [6, 6.07) is 0.750. The number of carbonyl (C=O) groups excluding carboxylic acids is 1. The predicted molar refractivity (Wildman–Crippen MR) is 63.3 cm³/mol. The monoisotopic (exact) mass is 239 g/mol. The number of piperidine rings is 1. The Hall–Kier alpha value is -0.650. The average Bonchev–Trinajstić information content (AvgIpc) is 2.69. The fraction of sp³-hybridized carbons (Fsp3) is 0.917. The summed E-state index contributed by atoms with van der Waals surface area (Å²) >= 11 is 0. The van der Waals surface area contributed by atoms with E-state index in [2.05, 4.69) is 15.3 Å². The highest BCUT2D eigenvalue weighted by Crippen LogP contribution is 2.28. The first-order valence-corrected chi connectivity index (χ1v) is 6.73. The molecule has 1 N–H and O–H groups in total. The van der Waals surface area contributed by atoms with Crippen LogP contribution in [-0.4, -0.2) is 60.7 Å². The molecule has 3 aliphatic heterocycles. The van der Waals surface area contributed by atoms with Crippen molar-refractivity contribution in [3.63, 3.8) is 0 Å². The van der Waals surface area contributed by atoms with Gasteiger partial charge in [-0.1, -0.05) is 0 Å². The SMILES string of the molecule is O=C1CC(NN2CCOCC2)C2CCCCN12. The Morgan fingerprint density at radius 3 is 2.82 bits per heavy atom. The number of hydrazine groups is 1. The highest BCUT2D eigenvalue weighted by Gasteiger charge is 2.41. The second kappa shape index (κ2) is 4.92. The minimum absolute atomic E-state index is 0.320. The predicted octanol–water partition coefficient (Wildman–Crippen LogP) is -0.0234. The Morgan fingerprint density at radius 2 is 2.00 bits per heavy atom. The van der Waals surface area contributed by atoms with Crippen molar-refractivity contribution in [2.24, 2.45) is 0 Å². The number of hydrogen-bond acceptors (Lipinski definition) is 4. The first-order chi connectivity index (χ1) is 8.34. The summed E-state index contributed by atoms with van der Waals surface area (Å²) < 4.78 is 5.33. The zero-order valence-corrected chi connectivity index (χ0v) is 10.2. The molecule has 2 atom stereocenters. The van der Waals surface area contributed by atoms with Gasteiger partial charge in [0.15, 0.2) is 0 Å². The number of fused-ring (bicyclic) bond motifs is 1. The van der Waals surface area contributed by atoms with Crippen LogP contribution in [0.4, 0.5) is 0 Å². The van der Waals surface area contributed by atoms with Crippen molar-refractivity contribution in [3.8, 4) is 0 Å². The second-order valence-corrected chi connectivity index (χ2v) is 5.19. The molecule has 0 aliphatic carbocycles. The van der Waals surface area contributed by atoms with Gasteiger partial charge in [0.05, 0.1) is 19.3 Å². The van der Waals surface area contributed by atoms with Gasteiger partial charge in [0.25, 0.3) is 0 Å². The number of rotatable bonds is 2. The molecule has 0 bridgehead atoms. The maximum absolute atomic E-state index is 11.9. The number of morpholine rings is 1. The number of ether oxygens (including phenoxy) is 1. The zero-order chi connectivity index (χ0) is 11.7. The molecule has 0 radical (unpaired) electrons. The van der Waals surface area contributed by atoms with E-state index in [1.54, 1.807) is 0 Å². The minimum atomic E-state index is 0.320. The molecular weight excluding hydrogens is 218 g/mol. The fourth-order valence-corrected chi connectivity index (χ4v) is 3.19. The molecule has 2 unspecified atom stereocenters. The lowest BCUT2D eigenvalue weighted by Crippen LogP contribution is -2.54. The van der Waals surface area contributed by atoms with Crippen LogP contribution in [0, 0.1) is 0 Å². The Balaban J connectivity index is 1.60. The van der Waals surface area contributed by atoms with Gasteiger partial charge in [-0.15, -0.1) is 0 Å². The van der Waals surface area contributed by atoms with Crippen LogP contribution in [0.25, 0.3) is 0 Å². The topological polar surface area (TPSA) is 44.8 Å². The highest BCUT2D eigenvalue weighted by molar-refractivity contribution is 5.80. The van der Waals surface area contributed by atoms with E-state index in [1.807, 2.05) is 0 Å². The molecule has 3 aliphatic rings. The van der Waals surface area contributed by atoms with Gasteiger partial charge in [-0.3, -0.25) is 4.79 Å². The van der Waals surface area contributed by atoms with Crippen molar-refractivity contribution in [1.29, 1.82) is 0 Å². The third-order valence-electron chi connectivity index (χ3n) is 4.09. The van der Waals surface area contributed by atoms with Crippen molar-refractivity contribution in [3.05, 3.63) is 0 Å². The molecule has 5 nitrogen and oxygen atoms in total. The van der Waals surface area contributed by atoms with Gasteiger partial charge in [0.2, 0.25) is 5.91 Å². The van der Waals surface area contributed by atoms with Gasteiger partial charge in [-0.05, 0) is 19.3 Å². The molecule has 0 saturated carbocycles. The largest absolute Gasteiger partial charge is 0.379 e. The first kappa shape index (κ1) is 11.4. The molecule has 3 rings (SSSR count). The number of carbonyl (C=O) groups is 1. The van der Waals surface area contributed by atoms with E-state index in [1.165, 1.54) is 12.8 Å². The number of nitrogens with zero attached hydrogens (tertiary/aromatic N) is 2. The lowest BCUT2D eigenvalue weighted by atomic mass is 9.99. The third-order valence-corrected chi connectivity index (χ3v) is 4.09. The van der Waals surface area contributed by atoms with Gasteiger partial charge >= 0.3 is 0 Å². The van der Waals surface area contributed by atoms with E-state index in [4.69, 9.17) is 4.74 Å². The first-order valence-electron chi connectivity index (χ1n) is 6.73. The van der Waals surface area contributed by atoms with E-state index in [0.29, 0.717) is 24.4 Å². The molecule has 0 aromatic rings. The number of amides is 1. The summed E-state index contributed by atoms with van der Waals surface area (Å²) in [5.74, 6) is 0.334. The van der Waals surface area contributed by atoms with Crippen molar-refractivity contribution in [2.45, 2.75) is 37.8 Å². The quantitative estimate of drug-likeness (QED) is 0.735. The molecule has 0 aromatic heterocycles. The van der Waals surface area contributed by atoms with Crippen LogP contribution in [0.15, 0.2) is 0 Å². The van der Waals surface area contributed by atoms with Gasteiger partial charge in [-0.25, -0.2) is 10.4 Å². The minimum Gasteiger partial charge on any atom is -0.379 e. The molecule has 3 fully saturated rings. The average molecular weight is 239 g/mol. The van der Waals surface area contributed by atoms with Crippen LogP contribution >= 0.6 is 0 Å². The van der Waals surface area contributed by atoms with Crippen molar-refractivity contribution in [1.82, 2.24) is 15.3 Å². The molecule has 5 heteroatoms. The van der Waals surface area contributed by atoms with Crippen LogP contribution in [0.3, 0.4) is 0 Å². The fourth-order valence-electron chi connectivity index (χ4n) is 3.19. The standard InChI is InChI=1S/C12H21N3O2/c16-12-9-10(11-3-1-2-4-15(11)12)13-14-5-7-17-8-6-14/h10-11,13H,1-9H2. The molecule has 96 valence electrons. The maximum Gasteiger partial charge on any atom is 0.224 e. The normalized spacial score (nSPS) is 35.1. The molecule has 3 saturated heterocycles. The second-order valence-electron chi connectivity index (χ2n) is 5.19. The van der Waals surface area contributed by atoms with E-state index in [0.717, 1.165) is 39.3 Å². The highest BCUT2D eigenvalue weighted by atomic mass is 16.5. The maximum atomic E-state index is 11.9. The smallest absolute Gasteiger partial charge is 0.224 e. The van der Waals surface area contributed by atoms with E-state index in [-0.39, 0.29) is 0 Å². The summed E-state index contributed by atoms with van der Waals surface area (Å²) in [6.45, 7) is 4.41. The van der Waals surface area contributed by atoms with Crippen molar-refractivity contribution in [2.75, 3.05) is 32.8 Å². The summed E-state index contributed by atoms with van der Waals surface area (Å²) in [4.78, 5) is 14.0. The van der Waals surface area contributed by atoms with E-state index >= 15 is 0 Å². The molecule has 17 heavy (non-hydrogen) atoms. The Kier molecular flexibility index (Phi) is 3.31. The summed E-state index contributed by atoms with van der Waals surface area (Å²) in [6.07, 6.45) is 4.26. The van der Waals surface area contributed by atoms with Gasteiger partial charge in [0.1, 0.15) is 0 Å². The third kappa shape index (κ3) is 2.32. The molecule has 3 heterocycles. The Bertz CT molecular complexity index is 291. The van der Waals surface area contributed by atoms with Crippen LogP contribution in [0.5, 0.6) is 0 Å². The summed E-state index contributed by atoms with van der Waals surface area (Å²) in [7, 11) is 0. The van der Waals surface area contributed by atoms with Crippen LogP contribution in [0.1, 0.15) is 25.7 Å². The van der Waals surface area contributed by atoms with Gasteiger partial charge in [-0.2, -0.15) is 0 Å². The van der Waals surface area contributed by atoms with Crippen LogP contribution in [-0.2, 0) is 9.53 Å². The summed E-state index contributed by atoms with van der Waals surface area (Å²) in [5, 5.41) is 2.22. The summed E-state index contributed by atoms with van der Waals surface area (Å²) in [5.41, 5.74) is 3.54. The Morgan fingerprint density at radius 1 is 1.18 bits per heavy atom. The molecular formula is C12H21N3O2. The molecule has 0 spiro atoms. The lowest BCUT2D eigenvalue weighted by molar-refractivity contribution is -0.129. The lowest BCUT2D eigenvalue weighted by Gasteiger charge is -2.36. The van der Waals surface area contributed by atoms with Gasteiger partial charge in [0, 0.05) is 32.1 Å². The number of nitrogens with one attached hydrogen (secondary N) is 1. The zero-order valence-electron chi connectivity index (χ0n) is 10.2. The van der Waals surface area contributed by atoms with Crippen molar-refractivity contribution >= 4 is 5.91 Å². The van der Waals surface area contributed by atoms with Crippen LogP contribution < -0.4 is 5.43 Å². The van der Waals surface area contributed by atoms with Gasteiger partial charge < -0.3 is 9.64 Å². The molecule has 0 aromatic carbocycles. The van der Waals surface area contributed by atoms with Crippen molar-refractivity contribution < 1.29 is 9.53 Å².